The molecule has 0 aliphatic carbocycles. The van der Waals surface area contributed by atoms with Gasteiger partial charge in [0.25, 0.3) is 0 Å². The molecule has 132 valence electrons. The first-order valence-corrected chi connectivity index (χ1v) is 9.32. The van der Waals surface area contributed by atoms with Crippen LogP contribution in [0.1, 0.15) is 6.92 Å². The summed E-state index contributed by atoms with van der Waals surface area (Å²) in [6, 6.07) is 22.3. The van der Waals surface area contributed by atoms with Crippen LogP contribution in [-0.4, -0.2) is 14.3 Å². The van der Waals surface area contributed by atoms with Crippen LogP contribution < -0.4 is 9.50 Å². The summed E-state index contributed by atoms with van der Waals surface area (Å²) >= 11 is 0. The number of carbonyl (C=O) groups excluding carboxylic acids is 1. The molecule has 0 saturated heterocycles. The van der Waals surface area contributed by atoms with Crippen LogP contribution in [-0.2, 0) is 14.9 Å². The van der Waals surface area contributed by atoms with Crippen LogP contribution in [0, 0.1) is 0 Å². The maximum Gasteiger partial charge on any atom is 0.339 e. The molecule has 0 saturated carbocycles. The van der Waals surface area contributed by atoms with Crippen LogP contribution in [0.3, 0.4) is 0 Å². The zero-order valence-corrected chi connectivity index (χ0v) is 14.9. The fraction of sp³-hybridized carbons (Fsp3) is 0.0500. The molecule has 3 aromatic carbocycles. The zero-order valence-electron chi connectivity index (χ0n) is 14.0. The van der Waals surface area contributed by atoms with Gasteiger partial charge in [-0.2, -0.15) is 8.42 Å². The fourth-order valence-corrected chi connectivity index (χ4v) is 3.35. The van der Waals surface area contributed by atoms with Crippen molar-refractivity contribution in [1.82, 2.24) is 0 Å². The number of hydrogen-bond acceptors (Lipinski definition) is 4. The Labute approximate surface area is 152 Å². The second-order valence-electron chi connectivity index (χ2n) is 5.63. The molecule has 1 N–H and O–H groups in total. The van der Waals surface area contributed by atoms with E-state index in [1.807, 2.05) is 30.3 Å². The van der Waals surface area contributed by atoms with Gasteiger partial charge in [-0.05, 0) is 47.5 Å². The summed E-state index contributed by atoms with van der Waals surface area (Å²) < 4.78 is 30.0. The van der Waals surface area contributed by atoms with E-state index in [1.165, 1.54) is 31.2 Å². The average molecular weight is 367 g/mol. The number of benzene rings is 3. The number of rotatable bonds is 5. The Bertz CT molecular complexity index is 996. The number of anilines is 1. The number of hydrogen-bond donors (Lipinski definition) is 1. The molecule has 5 nitrogen and oxygen atoms in total. The highest BCUT2D eigenvalue weighted by atomic mass is 32.2. The predicted octanol–water partition coefficient (Wildman–Crippen LogP) is 4.08. The highest BCUT2D eigenvalue weighted by Crippen LogP contribution is 2.24. The van der Waals surface area contributed by atoms with Crippen LogP contribution in [0.4, 0.5) is 5.69 Å². The normalized spacial score (nSPS) is 11.0. The van der Waals surface area contributed by atoms with E-state index in [2.05, 4.69) is 5.32 Å². The summed E-state index contributed by atoms with van der Waals surface area (Å²) in [5.41, 5.74) is 2.49. The smallest absolute Gasteiger partial charge is 0.339 e. The van der Waals surface area contributed by atoms with Crippen LogP contribution in [0.5, 0.6) is 5.75 Å². The fourth-order valence-electron chi connectivity index (χ4n) is 2.42. The van der Waals surface area contributed by atoms with E-state index in [9.17, 15) is 13.2 Å². The molecule has 0 atom stereocenters. The van der Waals surface area contributed by atoms with Crippen LogP contribution in [0.25, 0.3) is 11.1 Å². The Morgan fingerprint density at radius 2 is 1.38 bits per heavy atom. The van der Waals surface area contributed by atoms with Crippen molar-refractivity contribution < 1.29 is 17.4 Å². The summed E-state index contributed by atoms with van der Waals surface area (Å²) in [6.45, 7) is 1.40. The Hall–Kier alpha value is -3.12. The van der Waals surface area contributed by atoms with Crippen molar-refractivity contribution in [2.45, 2.75) is 11.8 Å². The molecule has 3 rings (SSSR count). The molecule has 0 bridgehead atoms. The molecule has 0 heterocycles. The molecular weight excluding hydrogens is 350 g/mol. The van der Waals surface area contributed by atoms with Gasteiger partial charge in [-0.1, -0.05) is 42.5 Å². The molecule has 26 heavy (non-hydrogen) atoms. The highest BCUT2D eigenvalue weighted by Gasteiger charge is 2.16. The number of nitrogens with one attached hydrogen (secondary N) is 1. The van der Waals surface area contributed by atoms with Gasteiger partial charge < -0.3 is 9.50 Å². The monoisotopic (exact) mass is 367 g/mol. The van der Waals surface area contributed by atoms with Crippen LogP contribution >= 0.6 is 0 Å². The Morgan fingerprint density at radius 1 is 0.808 bits per heavy atom. The SMILES string of the molecule is CC(=O)Nc1ccc(OS(=O)(=O)c2ccc(-c3ccccc3)cc2)cc1. The lowest BCUT2D eigenvalue weighted by Crippen LogP contribution is -2.10. The third-order valence-electron chi connectivity index (χ3n) is 3.63. The minimum Gasteiger partial charge on any atom is -0.379 e. The van der Waals surface area contributed by atoms with Crippen molar-refractivity contribution in [2.24, 2.45) is 0 Å². The zero-order chi connectivity index (χ0) is 18.6. The molecule has 0 unspecified atom stereocenters. The summed E-state index contributed by atoms with van der Waals surface area (Å²) in [5.74, 6) is -0.0315. The minimum atomic E-state index is -3.94. The van der Waals surface area contributed by atoms with E-state index < -0.39 is 10.1 Å². The quantitative estimate of drug-likeness (QED) is 0.690. The van der Waals surface area contributed by atoms with Crippen molar-refractivity contribution in [2.75, 3.05) is 5.32 Å². The first-order chi connectivity index (χ1) is 12.4. The third kappa shape index (κ3) is 4.29. The summed E-state index contributed by atoms with van der Waals surface area (Å²) in [6.07, 6.45) is 0. The van der Waals surface area contributed by atoms with Gasteiger partial charge in [0.15, 0.2) is 0 Å². The topological polar surface area (TPSA) is 72.5 Å². The lowest BCUT2D eigenvalue weighted by atomic mass is 10.1. The molecule has 3 aromatic rings. The summed E-state index contributed by atoms with van der Waals surface area (Å²) in [7, 11) is -3.94. The van der Waals surface area contributed by atoms with Gasteiger partial charge >= 0.3 is 10.1 Å². The molecular formula is C20H17NO4S. The Balaban J connectivity index is 1.76. The minimum absolute atomic E-state index is 0.0723. The maximum absolute atomic E-state index is 12.4. The van der Waals surface area contributed by atoms with Gasteiger partial charge in [-0.25, -0.2) is 0 Å². The van der Waals surface area contributed by atoms with Crippen molar-refractivity contribution in [3.63, 3.8) is 0 Å². The third-order valence-corrected chi connectivity index (χ3v) is 4.89. The molecule has 0 radical (unpaired) electrons. The summed E-state index contributed by atoms with van der Waals surface area (Å²) in [4.78, 5) is 11.1. The van der Waals surface area contributed by atoms with E-state index in [0.717, 1.165) is 11.1 Å². The van der Waals surface area contributed by atoms with Crippen LogP contribution in [0.2, 0.25) is 0 Å². The molecule has 0 aromatic heterocycles. The van der Waals surface area contributed by atoms with E-state index in [0.29, 0.717) is 5.69 Å². The van der Waals surface area contributed by atoms with Gasteiger partial charge in [0.05, 0.1) is 0 Å². The molecule has 0 spiro atoms. The van der Waals surface area contributed by atoms with E-state index >= 15 is 0 Å². The standard InChI is InChI=1S/C20H17NO4S/c1-15(22)21-18-9-11-19(12-10-18)25-26(23,24)20-13-7-17(8-14-20)16-5-3-2-4-6-16/h2-14H,1H3,(H,21,22). The van der Waals surface area contributed by atoms with Crippen molar-refractivity contribution in [1.29, 1.82) is 0 Å². The highest BCUT2D eigenvalue weighted by molar-refractivity contribution is 7.87. The van der Waals surface area contributed by atoms with Crippen molar-refractivity contribution in [3.8, 4) is 16.9 Å². The number of carbonyl (C=O) groups is 1. The molecule has 0 fully saturated rings. The predicted molar refractivity (Wildman–Crippen MR) is 100 cm³/mol. The largest absolute Gasteiger partial charge is 0.379 e. The molecule has 0 aliphatic rings. The van der Waals surface area contributed by atoms with E-state index in [-0.39, 0.29) is 16.6 Å². The first-order valence-electron chi connectivity index (χ1n) is 7.92. The van der Waals surface area contributed by atoms with Crippen LogP contribution in [0.15, 0.2) is 83.8 Å². The molecule has 1 amide bonds. The summed E-state index contributed by atoms with van der Waals surface area (Å²) in [5, 5.41) is 2.60. The second kappa shape index (κ2) is 7.41. The Kier molecular flexibility index (Phi) is 5.04. The molecule has 6 heteroatoms. The number of amides is 1. The maximum atomic E-state index is 12.4. The van der Waals surface area contributed by atoms with Gasteiger partial charge in [0.1, 0.15) is 10.6 Å². The average Bonchev–Trinajstić information content (AvgIpc) is 2.64. The lowest BCUT2D eigenvalue weighted by molar-refractivity contribution is -0.114. The first kappa shape index (κ1) is 17.7. The van der Waals surface area contributed by atoms with E-state index in [4.69, 9.17) is 4.18 Å². The second-order valence-corrected chi connectivity index (χ2v) is 7.18. The van der Waals surface area contributed by atoms with Gasteiger partial charge in [-0.3, -0.25) is 4.79 Å². The van der Waals surface area contributed by atoms with Gasteiger partial charge in [0.2, 0.25) is 5.91 Å². The lowest BCUT2D eigenvalue weighted by Gasteiger charge is -2.09. The van der Waals surface area contributed by atoms with Gasteiger partial charge in [-0.15, -0.1) is 0 Å². The Morgan fingerprint density at radius 3 is 1.96 bits per heavy atom. The van der Waals surface area contributed by atoms with Gasteiger partial charge in [0, 0.05) is 12.6 Å². The molecule has 0 aliphatic heterocycles. The van der Waals surface area contributed by atoms with E-state index in [1.54, 1.807) is 24.3 Å². The van der Waals surface area contributed by atoms with Crippen molar-refractivity contribution in [3.05, 3.63) is 78.9 Å². The van der Waals surface area contributed by atoms with Crippen molar-refractivity contribution >= 4 is 21.7 Å².